The number of benzene rings is 1. The van der Waals surface area contributed by atoms with Crippen LogP contribution in [0, 0.1) is 0 Å². The van der Waals surface area contributed by atoms with Crippen LogP contribution in [-0.2, 0) is 9.59 Å². The molecule has 6 heteroatoms. The average molecular weight is 250 g/mol. The van der Waals surface area contributed by atoms with Crippen molar-refractivity contribution in [1.82, 2.24) is 10.6 Å². The van der Waals surface area contributed by atoms with Gasteiger partial charge in [-0.15, -0.1) is 0 Å². The van der Waals surface area contributed by atoms with Crippen molar-refractivity contribution in [1.29, 1.82) is 0 Å². The van der Waals surface area contributed by atoms with Crippen LogP contribution in [0.3, 0.4) is 0 Å². The minimum Gasteiger partial charge on any atom is -0.480 e. The average Bonchev–Trinajstić information content (AvgIpc) is 2.36. The number of carbonyl (C=O) groups excluding carboxylic acids is 2. The smallest absolute Gasteiger partial charge is 0.322 e. The number of carboxylic acids is 1. The summed E-state index contributed by atoms with van der Waals surface area (Å²) in [5, 5.41) is 13.1. The molecule has 6 nitrogen and oxygen atoms in total. The van der Waals surface area contributed by atoms with Gasteiger partial charge in [-0.2, -0.15) is 0 Å². The van der Waals surface area contributed by atoms with E-state index < -0.39 is 24.5 Å². The Bertz CT molecular complexity index is 445. The van der Waals surface area contributed by atoms with Crippen molar-refractivity contribution >= 4 is 17.8 Å². The molecule has 1 atom stereocenters. The molecule has 0 saturated heterocycles. The van der Waals surface area contributed by atoms with E-state index in [0.29, 0.717) is 5.56 Å². The molecule has 96 valence electrons. The number of aliphatic carboxylic acids is 1. The maximum Gasteiger partial charge on any atom is 0.322 e. The quantitative estimate of drug-likeness (QED) is 0.685. The van der Waals surface area contributed by atoms with Gasteiger partial charge in [0.25, 0.3) is 5.91 Å². The lowest BCUT2D eigenvalue weighted by atomic mass is 10.2. The second-order valence-electron chi connectivity index (χ2n) is 3.67. The van der Waals surface area contributed by atoms with E-state index >= 15 is 0 Å². The molecule has 1 aromatic rings. The van der Waals surface area contributed by atoms with Gasteiger partial charge in [-0.25, -0.2) is 0 Å². The monoisotopic (exact) mass is 250 g/mol. The molecule has 0 fully saturated rings. The molecule has 0 aliphatic rings. The minimum absolute atomic E-state index is 0.381. The SMILES string of the molecule is CC(NC(=O)c1ccccc1)C(=O)NCC(=O)O. The predicted molar refractivity (Wildman–Crippen MR) is 64.0 cm³/mol. The summed E-state index contributed by atoms with van der Waals surface area (Å²) in [5.41, 5.74) is 0.440. The van der Waals surface area contributed by atoms with Gasteiger partial charge < -0.3 is 15.7 Å². The van der Waals surface area contributed by atoms with Crippen LogP contribution < -0.4 is 10.6 Å². The highest BCUT2D eigenvalue weighted by molar-refractivity contribution is 5.97. The third-order valence-corrected chi connectivity index (χ3v) is 2.19. The fraction of sp³-hybridized carbons (Fsp3) is 0.250. The summed E-state index contributed by atoms with van der Waals surface area (Å²) < 4.78 is 0. The summed E-state index contributed by atoms with van der Waals surface area (Å²) in [4.78, 5) is 33.4. The van der Waals surface area contributed by atoms with E-state index in [-0.39, 0.29) is 5.91 Å². The normalized spacial score (nSPS) is 11.4. The van der Waals surface area contributed by atoms with Crippen LogP contribution in [0.5, 0.6) is 0 Å². The Balaban J connectivity index is 2.49. The molecule has 3 N–H and O–H groups in total. The lowest BCUT2D eigenvalue weighted by molar-refractivity contribution is -0.138. The Morgan fingerprint density at radius 1 is 1.22 bits per heavy atom. The zero-order valence-electron chi connectivity index (χ0n) is 9.84. The Morgan fingerprint density at radius 3 is 2.39 bits per heavy atom. The fourth-order valence-corrected chi connectivity index (χ4v) is 1.25. The van der Waals surface area contributed by atoms with E-state index in [1.54, 1.807) is 30.3 Å². The Hall–Kier alpha value is -2.37. The predicted octanol–water partition coefficient (Wildman–Crippen LogP) is 0.00570. The number of carbonyl (C=O) groups is 3. The summed E-state index contributed by atoms with van der Waals surface area (Å²) in [6.45, 7) is 1.02. The highest BCUT2D eigenvalue weighted by Gasteiger charge is 2.16. The van der Waals surface area contributed by atoms with Crippen molar-refractivity contribution in [3.63, 3.8) is 0 Å². The van der Waals surface area contributed by atoms with E-state index in [1.807, 2.05) is 0 Å². The molecular weight excluding hydrogens is 236 g/mol. The molecule has 0 spiro atoms. The molecule has 0 saturated carbocycles. The second kappa shape index (κ2) is 6.39. The molecule has 0 aliphatic carbocycles. The van der Waals surface area contributed by atoms with E-state index in [9.17, 15) is 14.4 Å². The van der Waals surface area contributed by atoms with Crippen LogP contribution in [0.15, 0.2) is 30.3 Å². The van der Waals surface area contributed by atoms with Gasteiger partial charge in [0.05, 0.1) is 0 Å². The Labute approximate surface area is 104 Å². The number of nitrogens with one attached hydrogen (secondary N) is 2. The number of carboxylic acid groups (broad SMARTS) is 1. The first-order valence-corrected chi connectivity index (χ1v) is 5.36. The lowest BCUT2D eigenvalue weighted by Crippen LogP contribution is -2.46. The van der Waals surface area contributed by atoms with Crippen LogP contribution in [-0.4, -0.2) is 35.5 Å². The van der Waals surface area contributed by atoms with Crippen molar-refractivity contribution in [2.45, 2.75) is 13.0 Å². The molecular formula is C12H14N2O4. The first-order valence-electron chi connectivity index (χ1n) is 5.36. The van der Waals surface area contributed by atoms with Gasteiger partial charge in [0.2, 0.25) is 5.91 Å². The summed E-state index contributed by atoms with van der Waals surface area (Å²) in [6.07, 6.45) is 0. The molecule has 1 aromatic carbocycles. The standard InChI is InChI=1S/C12H14N2O4/c1-8(11(17)13-7-10(15)16)14-12(18)9-5-3-2-4-6-9/h2-6,8H,7H2,1H3,(H,13,17)(H,14,18)(H,15,16). The lowest BCUT2D eigenvalue weighted by Gasteiger charge is -2.13. The topological polar surface area (TPSA) is 95.5 Å². The molecule has 18 heavy (non-hydrogen) atoms. The summed E-state index contributed by atoms with van der Waals surface area (Å²) in [7, 11) is 0. The van der Waals surface area contributed by atoms with Crippen molar-refractivity contribution in [2.24, 2.45) is 0 Å². The van der Waals surface area contributed by atoms with E-state index in [2.05, 4.69) is 10.6 Å². The Kier molecular flexibility index (Phi) is 4.86. The Morgan fingerprint density at radius 2 is 1.83 bits per heavy atom. The summed E-state index contributed by atoms with van der Waals surface area (Å²) in [5.74, 6) is -2.06. The maximum atomic E-state index is 11.7. The fourth-order valence-electron chi connectivity index (χ4n) is 1.25. The molecule has 2 amide bonds. The van der Waals surface area contributed by atoms with Crippen molar-refractivity contribution < 1.29 is 19.5 Å². The summed E-state index contributed by atoms with van der Waals surface area (Å²) in [6, 6.07) is 7.65. The number of hydrogen-bond acceptors (Lipinski definition) is 3. The van der Waals surface area contributed by atoms with E-state index in [0.717, 1.165) is 0 Å². The van der Waals surface area contributed by atoms with Crippen LogP contribution in [0.2, 0.25) is 0 Å². The zero-order valence-corrected chi connectivity index (χ0v) is 9.84. The highest BCUT2D eigenvalue weighted by atomic mass is 16.4. The molecule has 0 radical (unpaired) electrons. The zero-order chi connectivity index (χ0) is 13.5. The van der Waals surface area contributed by atoms with Gasteiger partial charge in [0, 0.05) is 5.56 Å². The molecule has 1 unspecified atom stereocenters. The third-order valence-electron chi connectivity index (χ3n) is 2.19. The first kappa shape index (κ1) is 13.7. The van der Waals surface area contributed by atoms with Gasteiger partial charge in [-0.1, -0.05) is 18.2 Å². The maximum absolute atomic E-state index is 11.7. The van der Waals surface area contributed by atoms with Crippen LogP contribution >= 0.6 is 0 Å². The van der Waals surface area contributed by atoms with Crippen LogP contribution in [0.25, 0.3) is 0 Å². The molecule has 0 aromatic heterocycles. The van der Waals surface area contributed by atoms with E-state index in [1.165, 1.54) is 6.92 Å². The van der Waals surface area contributed by atoms with Crippen molar-refractivity contribution in [3.05, 3.63) is 35.9 Å². The van der Waals surface area contributed by atoms with Crippen LogP contribution in [0.4, 0.5) is 0 Å². The molecule has 0 aliphatic heterocycles. The highest BCUT2D eigenvalue weighted by Crippen LogP contribution is 1.98. The summed E-state index contributed by atoms with van der Waals surface area (Å²) >= 11 is 0. The van der Waals surface area contributed by atoms with Gasteiger partial charge in [-0.3, -0.25) is 14.4 Å². The second-order valence-corrected chi connectivity index (χ2v) is 3.67. The van der Waals surface area contributed by atoms with Gasteiger partial charge in [0.1, 0.15) is 12.6 Å². The van der Waals surface area contributed by atoms with E-state index in [4.69, 9.17) is 5.11 Å². The first-order chi connectivity index (χ1) is 8.50. The largest absolute Gasteiger partial charge is 0.480 e. The number of rotatable bonds is 5. The third kappa shape index (κ3) is 4.25. The van der Waals surface area contributed by atoms with Gasteiger partial charge >= 0.3 is 5.97 Å². The minimum atomic E-state index is -1.13. The number of hydrogen-bond donors (Lipinski definition) is 3. The van der Waals surface area contributed by atoms with Gasteiger partial charge in [0.15, 0.2) is 0 Å². The molecule has 1 rings (SSSR count). The van der Waals surface area contributed by atoms with Crippen molar-refractivity contribution in [3.8, 4) is 0 Å². The van der Waals surface area contributed by atoms with Crippen molar-refractivity contribution in [2.75, 3.05) is 6.54 Å². The van der Waals surface area contributed by atoms with Gasteiger partial charge in [-0.05, 0) is 19.1 Å². The number of amides is 2. The molecule has 0 bridgehead atoms. The molecule has 0 heterocycles. The van der Waals surface area contributed by atoms with Crippen LogP contribution in [0.1, 0.15) is 17.3 Å².